The molecule has 0 heterocycles. The topological polar surface area (TPSA) is 37.3 Å². The van der Waals surface area contributed by atoms with E-state index in [0.29, 0.717) is 5.56 Å². The van der Waals surface area contributed by atoms with Crippen LogP contribution in [0.15, 0.2) is 72.8 Å². The molecule has 0 fully saturated rings. The second-order valence-electron chi connectivity index (χ2n) is 5.85. The van der Waals surface area contributed by atoms with Crippen molar-refractivity contribution in [1.29, 1.82) is 0 Å². The number of aromatic carboxylic acids is 1. The van der Waals surface area contributed by atoms with Crippen LogP contribution in [0, 0.1) is 0 Å². The smallest absolute Gasteiger partial charge is 0.336 e. The van der Waals surface area contributed by atoms with Crippen LogP contribution < -0.4 is 0 Å². The molecule has 0 spiro atoms. The highest BCUT2D eigenvalue weighted by molar-refractivity contribution is 6.01. The van der Waals surface area contributed by atoms with Crippen LogP contribution in [-0.4, -0.2) is 11.1 Å². The Bertz CT molecular complexity index is 834. The summed E-state index contributed by atoms with van der Waals surface area (Å²) in [4.78, 5) is 11.7. The van der Waals surface area contributed by atoms with Crippen LogP contribution in [0.25, 0.3) is 22.3 Å². The third-order valence-corrected chi connectivity index (χ3v) is 4.16. The highest BCUT2D eigenvalue weighted by Crippen LogP contribution is 2.35. The van der Waals surface area contributed by atoms with E-state index in [4.69, 9.17) is 0 Å². The molecule has 3 aromatic rings. The standard InChI is InChI=1S/C22H20O2/c1-2-7-16-12-14-18(15-13-16)21-19(17-8-4-3-5-9-17)10-6-11-20(21)22(23)24/h3-6,8-15H,2,7H2,1H3,(H,23,24). The largest absolute Gasteiger partial charge is 0.478 e. The van der Waals surface area contributed by atoms with E-state index in [1.165, 1.54) is 5.56 Å². The van der Waals surface area contributed by atoms with Crippen molar-refractivity contribution < 1.29 is 9.90 Å². The summed E-state index contributed by atoms with van der Waals surface area (Å²) in [7, 11) is 0. The highest BCUT2D eigenvalue weighted by atomic mass is 16.4. The van der Waals surface area contributed by atoms with Gasteiger partial charge < -0.3 is 5.11 Å². The van der Waals surface area contributed by atoms with Crippen LogP contribution in [0.5, 0.6) is 0 Å². The number of carbonyl (C=O) groups is 1. The molecule has 0 bridgehead atoms. The maximum absolute atomic E-state index is 11.7. The van der Waals surface area contributed by atoms with E-state index < -0.39 is 5.97 Å². The molecule has 2 heteroatoms. The lowest BCUT2D eigenvalue weighted by atomic mass is 9.90. The monoisotopic (exact) mass is 316 g/mol. The Labute approximate surface area is 142 Å². The lowest BCUT2D eigenvalue weighted by molar-refractivity contribution is 0.0698. The van der Waals surface area contributed by atoms with Crippen molar-refractivity contribution in [3.8, 4) is 22.3 Å². The number of aryl methyl sites for hydroxylation is 1. The number of carboxylic acids is 1. The zero-order valence-corrected chi connectivity index (χ0v) is 13.7. The third-order valence-electron chi connectivity index (χ3n) is 4.16. The SMILES string of the molecule is CCCc1ccc(-c2c(C(=O)O)cccc2-c2ccccc2)cc1. The average molecular weight is 316 g/mol. The van der Waals surface area contributed by atoms with Crippen LogP contribution in [0.3, 0.4) is 0 Å². The minimum Gasteiger partial charge on any atom is -0.478 e. The molecule has 120 valence electrons. The van der Waals surface area contributed by atoms with E-state index in [1.807, 2.05) is 48.5 Å². The molecule has 0 aliphatic heterocycles. The molecule has 3 rings (SSSR count). The Kier molecular flexibility index (Phi) is 4.76. The summed E-state index contributed by atoms with van der Waals surface area (Å²) >= 11 is 0. The predicted octanol–water partition coefficient (Wildman–Crippen LogP) is 5.67. The van der Waals surface area contributed by atoms with Gasteiger partial charge in [0.25, 0.3) is 0 Å². The van der Waals surface area contributed by atoms with Crippen molar-refractivity contribution >= 4 is 5.97 Å². The van der Waals surface area contributed by atoms with Gasteiger partial charge in [-0.1, -0.05) is 80.1 Å². The van der Waals surface area contributed by atoms with Gasteiger partial charge in [-0.25, -0.2) is 4.79 Å². The van der Waals surface area contributed by atoms with Gasteiger partial charge in [-0.2, -0.15) is 0 Å². The van der Waals surface area contributed by atoms with E-state index >= 15 is 0 Å². The van der Waals surface area contributed by atoms with E-state index in [9.17, 15) is 9.90 Å². The first-order valence-corrected chi connectivity index (χ1v) is 8.21. The predicted molar refractivity (Wildman–Crippen MR) is 98.3 cm³/mol. The summed E-state index contributed by atoms with van der Waals surface area (Å²) in [5.41, 5.74) is 5.29. The molecule has 0 radical (unpaired) electrons. The third kappa shape index (κ3) is 3.23. The molecule has 0 amide bonds. The molecule has 0 aliphatic carbocycles. The van der Waals surface area contributed by atoms with Gasteiger partial charge in [-0.3, -0.25) is 0 Å². The average Bonchev–Trinajstić information content (AvgIpc) is 2.63. The second kappa shape index (κ2) is 7.14. The summed E-state index contributed by atoms with van der Waals surface area (Å²) in [5.74, 6) is -0.902. The van der Waals surface area contributed by atoms with Crippen molar-refractivity contribution in [3.63, 3.8) is 0 Å². The molecular weight excluding hydrogens is 296 g/mol. The first-order valence-electron chi connectivity index (χ1n) is 8.21. The zero-order valence-electron chi connectivity index (χ0n) is 13.7. The molecule has 0 saturated carbocycles. The Morgan fingerprint density at radius 3 is 2.17 bits per heavy atom. The Hall–Kier alpha value is -2.87. The summed E-state index contributed by atoms with van der Waals surface area (Å²) in [6.45, 7) is 2.15. The van der Waals surface area contributed by atoms with Gasteiger partial charge in [0.05, 0.1) is 5.56 Å². The molecule has 0 aliphatic rings. The van der Waals surface area contributed by atoms with Gasteiger partial charge >= 0.3 is 5.97 Å². The lowest BCUT2D eigenvalue weighted by Crippen LogP contribution is -2.01. The number of rotatable bonds is 5. The molecule has 24 heavy (non-hydrogen) atoms. The molecule has 2 nitrogen and oxygen atoms in total. The molecule has 0 unspecified atom stereocenters. The fourth-order valence-corrected chi connectivity index (χ4v) is 3.03. The maximum atomic E-state index is 11.7. The molecule has 0 saturated heterocycles. The number of carboxylic acid groups (broad SMARTS) is 1. The lowest BCUT2D eigenvalue weighted by Gasteiger charge is -2.14. The maximum Gasteiger partial charge on any atom is 0.336 e. The van der Waals surface area contributed by atoms with Crippen LogP contribution in [0.1, 0.15) is 29.3 Å². The fraction of sp³-hybridized carbons (Fsp3) is 0.136. The Morgan fingerprint density at radius 1 is 0.833 bits per heavy atom. The van der Waals surface area contributed by atoms with E-state index in [2.05, 4.69) is 19.1 Å². The first-order chi connectivity index (χ1) is 11.7. The summed E-state index contributed by atoms with van der Waals surface area (Å²) in [5, 5.41) is 9.64. The fourth-order valence-electron chi connectivity index (χ4n) is 3.03. The molecule has 0 aromatic heterocycles. The van der Waals surface area contributed by atoms with E-state index in [1.54, 1.807) is 12.1 Å². The van der Waals surface area contributed by atoms with E-state index in [-0.39, 0.29) is 0 Å². The van der Waals surface area contributed by atoms with Crippen molar-refractivity contribution in [1.82, 2.24) is 0 Å². The van der Waals surface area contributed by atoms with Gasteiger partial charge in [-0.05, 0) is 34.7 Å². The summed E-state index contributed by atoms with van der Waals surface area (Å²) < 4.78 is 0. The van der Waals surface area contributed by atoms with Crippen LogP contribution >= 0.6 is 0 Å². The minimum atomic E-state index is -0.902. The quantitative estimate of drug-likeness (QED) is 0.658. The van der Waals surface area contributed by atoms with Crippen molar-refractivity contribution in [3.05, 3.63) is 83.9 Å². The Morgan fingerprint density at radius 2 is 1.54 bits per heavy atom. The summed E-state index contributed by atoms with van der Waals surface area (Å²) in [6.07, 6.45) is 2.13. The van der Waals surface area contributed by atoms with E-state index in [0.717, 1.165) is 35.1 Å². The summed E-state index contributed by atoms with van der Waals surface area (Å²) in [6, 6.07) is 23.6. The Balaban J connectivity index is 2.19. The van der Waals surface area contributed by atoms with Gasteiger partial charge in [0.1, 0.15) is 0 Å². The first kappa shape index (κ1) is 16.0. The minimum absolute atomic E-state index is 0.333. The zero-order chi connectivity index (χ0) is 16.9. The molecule has 3 aromatic carbocycles. The second-order valence-corrected chi connectivity index (χ2v) is 5.85. The van der Waals surface area contributed by atoms with Crippen molar-refractivity contribution in [2.75, 3.05) is 0 Å². The number of benzene rings is 3. The van der Waals surface area contributed by atoms with Crippen LogP contribution in [-0.2, 0) is 6.42 Å². The van der Waals surface area contributed by atoms with Gasteiger partial charge in [-0.15, -0.1) is 0 Å². The van der Waals surface area contributed by atoms with Crippen molar-refractivity contribution in [2.45, 2.75) is 19.8 Å². The number of hydrogen-bond donors (Lipinski definition) is 1. The van der Waals surface area contributed by atoms with Crippen LogP contribution in [0.4, 0.5) is 0 Å². The molecular formula is C22H20O2. The molecule has 0 atom stereocenters. The van der Waals surface area contributed by atoms with Crippen molar-refractivity contribution in [2.24, 2.45) is 0 Å². The van der Waals surface area contributed by atoms with Gasteiger partial charge in [0, 0.05) is 5.56 Å². The van der Waals surface area contributed by atoms with Crippen LogP contribution in [0.2, 0.25) is 0 Å². The van der Waals surface area contributed by atoms with Gasteiger partial charge in [0.15, 0.2) is 0 Å². The normalized spacial score (nSPS) is 10.5. The number of hydrogen-bond acceptors (Lipinski definition) is 1. The highest BCUT2D eigenvalue weighted by Gasteiger charge is 2.16. The molecule has 1 N–H and O–H groups in total. The van der Waals surface area contributed by atoms with Gasteiger partial charge in [0.2, 0.25) is 0 Å².